The zero-order valence-corrected chi connectivity index (χ0v) is 15.4. The molecule has 0 spiro atoms. The summed E-state index contributed by atoms with van der Waals surface area (Å²) in [6.45, 7) is 2.85. The summed E-state index contributed by atoms with van der Waals surface area (Å²) in [6, 6.07) is 12.0. The molecule has 2 atom stereocenters. The summed E-state index contributed by atoms with van der Waals surface area (Å²) in [7, 11) is 0. The Bertz CT molecular complexity index is 920. The van der Waals surface area contributed by atoms with Crippen molar-refractivity contribution in [3.8, 4) is 11.8 Å². The number of hydrogen-bond acceptors (Lipinski definition) is 6. The van der Waals surface area contributed by atoms with Crippen molar-refractivity contribution in [3.63, 3.8) is 0 Å². The topological polar surface area (TPSA) is 84.3 Å². The standard InChI is InChI=1S/C20H20N4OS/c1-20-15(12-26-19(22)24-20)6-8-25-18-5-4-13(9-16(18)20)10-17-14(11-21)3-2-7-23-17/h2-5,7,9,15H,6,8,10,12H2,1H3,(H2,22,24)/t15-,20+/m1/s1. The average molecular weight is 364 g/mol. The summed E-state index contributed by atoms with van der Waals surface area (Å²) >= 11 is 1.62. The molecule has 2 aromatic rings. The van der Waals surface area contributed by atoms with Crippen LogP contribution in [0.2, 0.25) is 0 Å². The van der Waals surface area contributed by atoms with Crippen LogP contribution in [0.25, 0.3) is 0 Å². The molecule has 0 amide bonds. The lowest BCUT2D eigenvalue weighted by Gasteiger charge is -2.36. The highest BCUT2D eigenvalue weighted by Gasteiger charge is 2.42. The van der Waals surface area contributed by atoms with E-state index in [4.69, 9.17) is 15.5 Å². The lowest BCUT2D eigenvalue weighted by atomic mass is 9.78. The molecule has 1 aromatic carbocycles. The van der Waals surface area contributed by atoms with Gasteiger partial charge in [-0.1, -0.05) is 17.8 Å². The van der Waals surface area contributed by atoms with Gasteiger partial charge in [-0.2, -0.15) is 5.26 Å². The minimum absolute atomic E-state index is 0.376. The van der Waals surface area contributed by atoms with E-state index in [0.717, 1.165) is 34.7 Å². The number of ether oxygens (including phenoxy) is 1. The predicted molar refractivity (Wildman–Crippen MR) is 103 cm³/mol. The Morgan fingerprint density at radius 2 is 2.31 bits per heavy atom. The summed E-state index contributed by atoms with van der Waals surface area (Å²) in [5.41, 5.74) is 9.25. The molecule has 2 aliphatic heterocycles. The predicted octanol–water partition coefficient (Wildman–Crippen LogP) is 3.22. The van der Waals surface area contributed by atoms with Crippen molar-refractivity contribution in [1.29, 1.82) is 5.26 Å². The van der Waals surface area contributed by atoms with E-state index in [2.05, 4.69) is 24.0 Å². The largest absolute Gasteiger partial charge is 0.493 e. The third-order valence-electron chi connectivity index (χ3n) is 5.27. The molecule has 0 radical (unpaired) electrons. The maximum absolute atomic E-state index is 9.31. The quantitative estimate of drug-likeness (QED) is 0.884. The molecule has 0 fully saturated rings. The number of nitrogens with two attached hydrogens (primary N) is 1. The number of hydrogen-bond donors (Lipinski definition) is 1. The Hall–Kier alpha value is -2.52. The van der Waals surface area contributed by atoms with Crippen molar-refractivity contribution in [2.45, 2.75) is 25.3 Å². The molecule has 0 saturated heterocycles. The number of aliphatic imine (C=N–C) groups is 1. The third kappa shape index (κ3) is 2.93. The Morgan fingerprint density at radius 3 is 3.15 bits per heavy atom. The van der Waals surface area contributed by atoms with Crippen LogP contribution in [0.1, 0.15) is 35.7 Å². The van der Waals surface area contributed by atoms with Crippen LogP contribution < -0.4 is 10.5 Å². The number of nitrogens with zero attached hydrogens (tertiary/aromatic N) is 3. The molecular formula is C20H20N4OS. The second-order valence-corrected chi connectivity index (χ2v) is 7.90. The van der Waals surface area contributed by atoms with Gasteiger partial charge in [0.25, 0.3) is 0 Å². The number of rotatable bonds is 2. The second kappa shape index (κ2) is 6.65. The zero-order chi connectivity index (χ0) is 18.1. The fourth-order valence-electron chi connectivity index (χ4n) is 3.74. The van der Waals surface area contributed by atoms with Gasteiger partial charge in [-0.05, 0) is 43.2 Å². The lowest BCUT2D eigenvalue weighted by molar-refractivity contribution is 0.271. The molecule has 1 aromatic heterocycles. The van der Waals surface area contributed by atoms with E-state index in [1.54, 1.807) is 30.1 Å². The van der Waals surface area contributed by atoms with Gasteiger partial charge in [0.15, 0.2) is 5.17 Å². The first kappa shape index (κ1) is 16.9. The molecule has 5 nitrogen and oxygen atoms in total. The maximum Gasteiger partial charge on any atom is 0.154 e. The minimum atomic E-state index is -0.376. The van der Waals surface area contributed by atoms with Crippen molar-refractivity contribution in [2.24, 2.45) is 16.6 Å². The highest BCUT2D eigenvalue weighted by atomic mass is 32.2. The van der Waals surface area contributed by atoms with Crippen LogP contribution in [0.15, 0.2) is 41.5 Å². The van der Waals surface area contributed by atoms with Crippen molar-refractivity contribution in [2.75, 3.05) is 12.4 Å². The Balaban J connectivity index is 1.77. The number of thioether (sulfide) groups is 1. The van der Waals surface area contributed by atoms with Crippen molar-refractivity contribution < 1.29 is 4.74 Å². The fourth-order valence-corrected chi connectivity index (χ4v) is 4.86. The number of nitriles is 1. The molecular weight excluding hydrogens is 344 g/mol. The monoisotopic (exact) mass is 364 g/mol. The van der Waals surface area contributed by atoms with Gasteiger partial charge in [-0.25, -0.2) is 0 Å². The number of aromatic nitrogens is 1. The highest BCUT2D eigenvalue weighted by molar-refractivity contribution is 8.13. The third-order valence-corrected chi connectivity index (χ3v) is 6.22. The first-order valence-corrected chi connectivity index (χ1v) is 9.67. The molecule has 6 heteroatoms. The fraction of sp³-hybridized carbons (Fsp3) is 0.350. The van der Waals surface area contributed by atoms with E-state index in [1.165, 1.54) is 0 Å². The van der Waals surface area contributed by atoms with E-state index in [-0.39, 0.29) is 5.54 Å². The molecule has 0 bridgehead atoms. The van der Waals surface area contributed by atoms with Crippen molar-refractivity contribution in [1.82, 2.24) is 4.98 Å². The van der Waals surface area contributed by atoms with E-state index in [1.807, 2.05) is 12.1 Å². The normalized spacial score (nSPS) is 24.3. The SMILES string of the molecule is C[C@]12N=C(N)SC[C@H]1CCOc1ccc(Cc3ncccc3C#N)cc12. The number of amidine groups is 1. The maximum atomic E-state index is 9.31. The number of pyridine rings is 1. The highest BCUT2D eigenvalue weighted by Crippen LogP contribution is 2.47. The molecule has 0 aliphatic carbocycles. The van der Waals surface area contributed by atoms with Gasteiger partial charge in [0.1, 0.15) is 11.8 Å². The van der Waals surface area contributed by atoms with Crippen LogP contribution in [-0.4, -0.2) is 22.5 Å². The zero-order valence-electron chi connectivity index (χ0n) is 14.6. The van der Waals surface area contributed by atoms with E-state index < -0.39 is 0 Å². The molecule has 2 N–H and O–H groups in total. The number of fused-ring (bicyclic) bond motifs is 3. The molecule has 3 heterocycles. The Morgan fingerprint density at radius 1 is 1.42 bits per heavy atom. The smallest absolute Gasteiger partial charge is 0.154 e. The van der Waals surface area contributed by atoms with Crippen LogP contribution in [0.5, 0.6) is 5.75 Å². The molecule has 0 unspecified atom stereocenters. The van der Waals surface area contributed by atoms with Crippen LogP contribution in [0.4, 0.5) is 0 Å². The van der Waals surface area contributed by atoms with Gasteiger partial charge in [0.05, 0.1) is 23.4 Å². The average Bonchev–Trinajstić information content (AvgIpc) is 2.78. The molecule has 4 rings (SSSR count). The van der Waals surface area contributed by atoms with Crippen LogP contribution in [0.3, 0.4) is 0 Å². The minimum Gasteiger partial charge on any atom is -0.493 e. The summed E-state index contributed by atoms with van der Waals surface area (Å²) in [6.07, 6.45) is 3.29. The van der Waals surface area contributed by atoms with Gasteiger partial charge >= 0.3 is 0 Å². The molecule has 26 heavy (non-hydrogen) atoms. The summed E-state index contributed by atoms with van der Waals surface area (Å²) < 4.78 is 6.00. The van der Waals surface area contributed by atoms with E-state index in [9.17, 15) is 5.26 Å². The molecule has 0 saturated carbocycles. The summed E-state index contributed by atoms with van der Waals surface area (Å²) in [4.78, 5) is 9.21. The van der Waals surface area contributed by atoms with E-state index >= 15 is 0 Å². The van der Waals surface area contributed by atoms with Crippen LogP contribution in [-0.2, 0) is 12.0 Å². The van der Waals surface area contributed by atoms with Crippen molar-refractivity contribution >= 4 is 16.9 Å². The number of benzene rings is 1. The van der Waals surface area contributed by atoms with Crippen LogP contribution in [0, 0.1) is 17.2 Å². The van der Waals surface area contributed by atoms with Crippen molar-refractivity contribution in [3.05, 3.63) is 58.9 Å². The lowest BCUT2D eigenvalue weighted by Crippen LogP contribution is -2.37. The molecule has 132 valence electrons. The van der Waals surface area contributed by atoms with Gasteiger partial charge in [-0.15, -0.1) is 0 Å². The Labute approximate surface area is 157 Å². The summed E-state index contributed by atoms with van der Waals surface area (Å²) in [5, 5.41) is 9.94. The van der Waals surface area contributed by atoms with Gasteiger partial charge in [0, 0.05) is 29.9 Å². The van der Waals surface area contributed by atoms with Gasteiger partial charge in [-0.3, -0.25) is 9.98 Å². The van der Waals surface area contributed by atoms with E-state index in [0.29, 0.717) is 29.7 Å². The first-order valence-electron chi connectivity index (χ1n) is 8.68. The van der Waals surface area contributed by atoms with Crippen LogP contribution >= 0.6 is 11.8 Å². The van der Waals surface area contributed by atoms with Gasteiger partial charge in [0.2, 0.25) is 0 Å². The summed E-state index contributed by atoms with van der Waals surface area (Å²) in [5.74, 6) is 2.22. The Kier molecular flexibility index (Phi) is 4.33. The van der Waals surface area contributed by atoms with Gasteiger partial charge < -0.3 is 10.5 Å². The first-order chi connectivity index (χ1) is 12.6. The second-order valence-electron chi connectivity index (χ2n) is 6.86. The molecule has 2 aliphatic rings.